The minimum absolute atomic E-state index is 0.150. The molecule has 1 saturated heterocycles. The number of nitrogens with zero attached hydrogens (tertiary/aromatic N) is 4. The van der Waals surface area contributed by atoms with Crippen LogP contribution < -0.4 is 0 Å². The number of amidine groups is 2. The number of rotatable bonds is 4. The zero-order chi connectivity index (χ0) is 20.7. The molecule has 1 saturated carbocycles. The van der Waals surface area contributed by atoms with Gasteiger partial charge in [-0.2, -0.15) is 4.37 Å². The zero-order valence-electron chi connectivity index (χ0n) is 16.4. The fourth-order valence-electron chi connectivity index (χ4n) is 3.49. The molecule has 1 amide bonds. The van der Waals surface area contributed by atoms with E-state index in [2.05, 4.69) is 9.36 Å². The summed E-state index contributed by atoms with van der Waals surface area (Å²) < 4.78 is 18.4. The smallest absolute Gasteiger partial charge is 0.254 e. The lowest BCUT2D eigenvalue weighted by Gasteiger charge is -2.40. The lowest BCUT2D eigenvalue weighted by Crippen LogP contribution is -2.58. The molecule has 0 radical (unpaired) electrons. The first-order valence-electron chi connectivity index (χ1n) is 9.78. The Hall–Kier alpha value is -2.68. The van der Waals surface area contributed by atoms with Gasteiger partial charge in [0.05, 0.1) is 6.04 Å². The van der Waals surface area contributed by atoms with Crippen molar-refractivity contribution in [2.45, 2.75) is 45.1 Å². The van der Waals surface area contributed by atoms with E-state index in [4.69, 9.17) is 10.8 Å². The molecular weight excluding hydrogens is 391 g/mol. The van der Waals surface area contributed by atoms with Gasteiger partial charge in [-0.3, -0.25) is 15.6 Å². The highest BCUT2D eigenvalue weighted by Crippen LogP contribution is 2.38. The fraction of sp³-hybridized carbons (Fsp3) is 0.450. The number of halogens is 1. The van der Waals surface area contributed by atoms with Crippen LogP contribution in [0.5, 0.6) is 0 Å². The Morgan fingerprint density at radius 1 is 1.34 bits per heavy atom. The third-order valence-corrected chi connectivity index (χ3v) is 6.25. The lowest BCUT2D eigenvalue weighted by molar-refractivity contribution is 0.0700. The maximum absolute atomic E-state index is 14.1. The molecule has 0 spiro atoms. The van der Waals surface area contributed by atoms with E-state index in [0.29, 0.717) is 36.0 Å². The van der Waals surface area contributed by atoms with Crippen molar-refractivity contribution < 1.29 is 9.18 Å². The second-order valence-electron chi connectivity index (χ2n) is 7.45. The van der Waals surface area contributed by atoms with Crippen molar-refractivity contribution in [3.8, 4) is 0 Å². The van der Waals surface area contributed by atoms with E-state index in [0.717, 1.165) is 18.7 Å². The Balaban J connectivity index is 1.48. The van der Waals surface area contributed by atoms with Crippen LogP contribution in [0.4, 0.5) is 4.39 Å². The van der Waals surface area contributed by atoms with Gasteiger partial charge in [0.1, 0.15) is 17.5 Å². The predicted octanol–water partition coefficient (Wildman–Crippen LogP) is 3.27. The van der Waals surface area contributed by atoms with Crippen molar-refractivity contribution in [1.29, 1.82) is 10.8 Å². The summed E-state index contributed by atoms with van der Waals surface area (Å²) in [4.78, 5) is 20.5. The Morgan fingerprint density at radius 3 is 2.76 bits per heavy atom. The van der Waals surface area contributed by atoms with Crippen molar-refractivity contribution in [2.75, 3.05) is 13.1 Å². The summed E-state index contributed by atoms with van der Waals surface area (Å²) in [6.07, 6.45) is 2.75. The van der Waals surface area contributed by atoms with Crippen LogP contribution in [-0.2, 0) is 6.42 Å². The van der Waals surface area contributed by atoms with E-state index in [1.165, 1.54) is 17.6 Å². The van der Waals surface area contributed by atoms with Crippen LogP contribution in [0.3, 0.4) is 0 Å². The molecule has 2 N–H and O–H groups in total. The molecule has 9 heteroatoms. The van der Waals surface area contributed by atoms with E-state index in [1.54, 1.807) is 28.9 Å². The van der Waals surface area contributed by atoms with Gasteiger partial charge in [0.15, 0.2) is 10.8 Å². The number of benzene rings is 1. The molecule has 2 aliphatic rings. The van der Waals surface area contributed by atoms with Crippen molar-refractivity contribution in [3.63, 3.8) is 0 Å². The quantitative estimate of drug-likeness (QED) is 0.593. The molecule has 1 aromatic carbocycles. The van der Waals surface area contributed by atoms with Gasteiger partial charge in [0, 0.05) is 24.6 Å². The molecule has 4 rings (SSSR count). The highest BCUT2D eigenvalue weighted by atomic mass is 32.1. The first kappa shape index (κ1) is 19.6. The van der Waals surface area contributed by atoms with Crippen molar-refractivity contribution >= 4 is 29.1 Å². The van der Waals surface area contributed by atoms with Crippen molar-refractivity contribution in [1.82, 2.24) is 19.2 Å². The van der Waals surface area contributed by atoms with Crippen LogP contribution in [0.1, 0.15) is 59.4 Å². The Morgan fingerprint density at radius 2 is 2.10 bits per heavy atom. The number of piperazine rings is 1. The predicted molar refractivity (Wildman–Crippen MR) is 109 cm³/mol. The number of aromatic nitrogens is 2. The number of amides is 1. The summed E-state index contributed by atoms with van der Waals surface area (Å²) >= 11 is 1.19. The molecule has 0 unspecified atom stereocenters. The van der Waals surface area contributed by atoms with E-state index in [9.17, 15) is 9.18 Å². The molecule has 152 valence electrons. The monoisotopic (exact) mass is 414 g/mol. The lowest BCUT2D eigenvalue weighted by atomic mass is 10.1. The number of nitrogens with one attached hydrogen (secondary N) is 2. The minimum atomic E-state index is -0.527. The first-order chi connectivity index (χ1) is 13.9. The van der Waals surface area contributed by atoms with Crippen LogP contribution >= 0.6 is 11.5 Å². The van der Waals surface area contributed by atoms with E-state index in [1.807, 2.05) is 6.92 Å². The molecule has 7 nitrogen and oxygen atoms in total. The average Bonchev–Trinajstić information content (AvgIpc) is 3.45. The Kier molecular flexibility index (Phi) is 5.16. The zero-order valence-corrected chi connectivity index (χ0v) is 17.2. The van der Waals surface area contributed by atoms with Gasteiger partial charge in [-0.25, -0.2) is 9.37 Å². The molecule has 0 bridgehead atoms. The van der Waals surface area contributed by atoms with Gasteiger partial charge in [-0.15, -0.1) is 0 Å². The molecule has 2 fully saturated rings. The second-order valence-corrected chi connectivity index (χ2v) is 8.20. The second kappa shape index (κ2) is 7.62. The number of hydrogen-bond donors (Lipinski definition) is 2. The van der Waals surface area contributed by atoms with Crippen LogP contribution in [0.15, 0.2) is 18.2 Å². The fourth-order valence-corrected chi connectivity index (χ4v) is 4.19. The molecule has 29 heavy (non-hydrogen) atoms. The van der Waals surface area contributed by atoms with Gasteiger partial charge < -0.3 is 9.80 Å². The van der Waals surface area contributed by atoms with Crippen LogP contribution in [0.25, 0.3) is 0 Å². The summed E-state index contributed by atoms with van der Waals surface area (Å²) in [6.45, 7) is 4.28. The maximum Gasteiger partial charge on any atom is 0.254 e. The summed E-state index contributed by atoms with van der Waals surface area (Å²) in [7, 11) is 0. The average molecular weight is 415 g/mol. The topological polar surface area (TPSA) is 97.0 Å². The molecular formula is C20H23FN6OS. The van der Waals surface area contributed by atoms with Crippen LogP contribution in [0, 0.1) is 16.6 Å². The standard InChI is InChI=1S/C20H23FN6OS/c1-3-12-4-7-14(10-15(12)21)20(28)26-8-9-27(16(22)11(26)2)17(23)19-24-18(25-29-19)13-5-6-13/h4,7,10-11,13,22-23H,3,5-6,8-9H2,1-2H3/t11-/m1/s1. The number of hydrogen-bond acceptors (Lipinski definition) is 6. The molecule has 2 aromatic rings. The van der Waals surface area contributed by atoms with Gasteiger partial charge in [0.2, 0.25) is 0 Å². The first-order valence-corrected chi connectivity index (χ1v) is 10.6. The SMILES string of the molecule is CCc1ccc(C(=O)N2CCN(C(=N)c3nc(C4CC4)ns3)C(=N)[C@H]2C)cc1F. The molecule has 1 aromatic heterocycles. The summed E-state index contributed by atoms with van der Waals surface area (Å²) in [6, 6.07) is 4.01. The van der Waals surface area contributed by atoms with E-state index >= 15 is 0 Å². The number of carbonyl (C=O) groups excluding carboxylic acids is 1. The van der Waals surface area contributed by atoms with E-state index in [-0.39, 0.29) is 29.0 Å². The molecule has 1 aliphatic heterocycles. The van der Waals surface area contributed by atoms with Gasteiger partial charge in [-0.05, 0) is 55.4 Å². The molecule has 1 aliphatic carbocycles. The summed E-state index contributed by atoms with van der Waals surface area (Å²) in [5.41, 5.74) is 0.851. The number of aryl methyl sites for hydroxylation is 1. The van der Waals surface area contributed by atoms with Gasteiger partial charge >= 0.3 is 0 Å². The Bertz CT molecular complexity index is 985. The van der Waals surface area contributed by atoms with Crippen molar-refractivity contribution in [2.24, 2.45) is 0 Å². The van der Waals surface area contributed by atoms with Gasteiger partial charge in [0.25, 0.3) is 5.91 Å². The molecule has 1 atom stereocenters. The third kappa shape index (κ3) is 3.66. The summed E-state index contributed by atoms with van der Waals surface area (Å²) in [5.74, 6) is 0.826. The molecule has 2 heterocycles. The van der Waals surface area contributed by atoms with Crippen molar-refractivity contribution in [3.05, 3.63) is 46.0 Å². The minimum Gasteiger partial charge on any atom is -0.327 e. The summed E-state index contributed by atoms with van der Waals surface area (Å²) in [5, 5.41) is 17.5. The number of carbonyl (C=O) groups is 1. The normalized spacial score (nSPS) is 19.6. The highest BCUT2D eigenvalue weighted by Gasteiger charge is 2.36. The largest absolute Gasteiger partial charge is 0.327 e. The maximum atomic E-state index is 14.1. The third-order valence-electron chi connectivity index (χ3n) is 5.52. The van der Waals surface area contributed by atoms with E-state index < -0.39 is 6.04 Å². The Labute approximate surface area is 172 Å². The van der Waals surface area contributed by atoms with Crippen LogP contribution in [-0.4, -0.2) is 55.9 Å². The van der Waals surface area contributed by atoms with Gasteiger partial charge in [-0.1, -0.05) is 13.0 Å². The highest BCUT2D eigenvalue weighted by molar-refractivity contribution is 7.07. The van der Waals surface area contributed by atoms with Crippen LogP contribution in [0.2, 0.25) is 0 Å².